The fourth-order valence-electron chi connectivity index (χ4n) is 1.76. The Bertz CT molecular complexity index is 686. The average molecular weight is 355 g/mol. The molecule has 8 nitrogen and oxygen atoms in total. The van der Waals surface area contributed by atoms with E-state index in [1.165, 1.54) is 11.8 Å². The first-order chi connectivity index (χ1) is 10.0. The maximum Gasteiger partial charge on any atom is 0.492 e. The van der Waals surface area contributed by atoms with Crippen molar-refractivity contribution in [2.45, 2.75) is 13.0 Å². The van der Waals surface area contributed by atoms with Crippen LogP contribution in [0.4, 0.5) is 5.95 Å². The molecule has 0 fully saturated rings. The summed E-state index contributed by atoms with van der Waals surface area (Å²) in [6.45, 7) is 0.259. The lowest BCUT2D eigenvalue weighted by atomic mass is 10.0. The van der Waals surface area contributed by atoms with Gasteiger partial charge >= 0.3 is 11.9 Å². The van der Waals surface area contributed by atoms with Gasteiger partial charge in [-0.3, -0.25) is 4.79 Å². The molecule has 21 heavy (non-hydrogen) atoms. The number of aromatic nitrogens is 3. The van der Waals surface area contributed by atoms with Crippen LogP contribution in [0.3, 0.4) is 0 Å². The first-order valence-corrected chi connectivity index (χ1v) is 6.69. The molecular formula is C12H11BrN4O4. The Morgan fingerprint density at radius 3 is 2.67 bits per heavy atom. The third kappa shape index (κ3) is 3.63. The number of rotatable bonds is 5. The summed E-state index contributed by atoms with van der Waals surface area (Å²) in [5.74, 6) is -0.835. The highest BCUT2D eigenvalue weighted by atomic mass is 79.9. The van der Waals surface area contributed by atoms with Crippen LogP contribution in [0, 0.1) is 10.1 Å². The van der Waals surface area contributed by atoms with Crippen molar-refractivity contribution in [3.05, 3.63) is 50.2 Å². The molecule has 0 N–H and O–H groups in total. The number of nitrogens with zero attached hydrogens (tertiary/aromatic N) is 4. The van der Waals surface area contributed by atoms with E-state index in [1.54, 1.807) is 12.1 Å². The molecule has 0 saturated carbocycles. The fraction of sp³-hybridized carbons (Fsp3) is 0.250. The third-order valence-corrected chi connectivity index (χ3v) is 3.37. The van der Waals surface area contributed by atoms with Crippen LogP contribution in [-0.2, 0) is 22.5 Å². The monoisotopic (exact) mass is 354 g/mol. The Hall–Kier alpha value is -2.29. The van der Waals surface area contributed by atoms with Crippen molar-refractivity contribution in [3.63, 3.8) is 0 Å². The summed E-state index contributed by atoms with van der Waals surface area (Å²) in [5, 5.41) is 14.4. The zero-order chi connectivity index (χ0) is 15.4. The van der Waals surface area contributed by atoms with Gasteiger partial charge in [-0.05, 0) is 21.0 Å². The molecule has 1 aromatic carbocycles. The second-order valence-corrected chi connectivity index (χ2v) is 4.83. The predicted octanol–water partition coefficient (Wildman–Crippen LogP) is 1.71. The first-order valence-electron chi connectivity index (χ1n) is 5.89. The molecule has 0 amide bonds. The van der Waals surface area contributed by atoms with Gasteiger partial charge in [-0.15, -0.1) is 0 Å². The van der Waals surface area contributed by atoms with Crippen LogP contribution in [0.2, 0.25) is 0 Å². The fourth-order valence-corrected chi connectivity index (χ4v) is 2.13. The summed E-state index contributed by atoms with van der Waals surface area (Å²) < 4.78 is 6.25. The van der Waals surface area contributed by atoms with Gasteiger partial charge < -0.3 is 14.9 Å². The van der Waals surface area contributed by atoms with Crippen LogP contribution < -0.4 is 0 Å². The molecule has 0 radical (unpaired) electrons. The zero-order valence-corrected chi connectivity index (χ0v) is 12.6. The van der Waals surface area contributed by atoms with E-state index in [0.29, 0.717) is 0 Å². The number of nitro groups is 1. The predicted molar refractivity (Wildman–Crippen MR) is 75.6 cm³/mol. The number of esters is 1. The van der Waals surface area contributed by atoms with E-state index in [4.69, 9.17) is 0 Å². The summed E-state index contributed by atoms with van der Waals surface area (Å²) in [5.41, 5.74) is 1.58. The Labute approximate surface area is 128 Å². The molecule has 0 atom stereocenters. The zero-order valence-electron chi connectivity index (χ0n) is 11.0. The molecule has 0 unspecified atom stereocenters. The van der Waals surface area contributed by atoms with Crippen LogP contribution in [-0.4, -0.2) is 32.8 Å². The number of benzene rings is 1. The second kappa shape index (κ2) is 6.44. The van der Waals surface area contributed by atoms with E-state index in [9.17, 15) is 14.9 Å². The summed E-state index contributed by atoms with van der Waals surface area (Å²) in [7, 11) is 1.32. The van der Waals surface area contributed by atoms with Crippen molar-refractivity contribution in [2.75, 3.05) is 7.11 Å². The number of ether oxygens (including phenoxy) is 1. The minimum atomic E-state index is -0.665. The highest BCUT2D eigenvalue weighted by molar-refractivity contribution is 9.10. The van der Waals surface area contributed by atoms with E-state index in [-0.39, 0.29) is 23.7 Å². The summed E-state index contributed by atoms with van der Waals surface area (Å²) in [6.07, 6.45) is 0.126. The molecule has 1 heterocycles. The van der Waals surface area contributed by atoms with Crippen LogP contribution >= 0.6 is 15.9 Å². The lowest BCUT2D eigenvalue weighted by Gasteiger charge is -2.07. The lowest BCUT2D eigenvalue weighted by molar-refractivity contribution is -0.394. The summed E-state index contributed by atoms with van der Waals surface area (Å²) in [6, 6.07) is 7.24. The van der Waals surface area contributed by atoms with Crippen molar-refractivity contribution in [1.82, 2.24) is 14.8 Å². The molecule has 0 bridgehead atoms. The molecule has 0 aliphatic rings. The molecule has 1 aromatic heterocycles. The van der Waals surface area contributed by atoms with E-state index in [2.05, 4.69) is 30.7 Å². The van der Waals surface area contributed by atoms with Gasteiger partial charge in [-0.2, -0.15) is 4.68 Å². The van der Waals surface area contributed by atoms with Crippen LogP contribution in [0.25, 0.3) is 0 Å². The molecule has 2 rings (SSSR count). The standard InChI is InChI=1S/C12H11BrN4O4/c1-21-10(18)6-8-4-2-3-5-9(8)7-16-11(13)14-12(15-16)17(19)20/h2-5H,6-7H2,1H3. The SMILES string of the molecule is COC(=O)Cc1ccccc1Cn1nc([N+](=O)[O-])nc1Br. The van der Waals surface area contributed by atoms with Gasteiger partial charge in [0, 0.05) is 21.0 Å². The number of halogens is 1. The Morgan fingerprint density at radius 1 is 1.43 bits per heavy atom. The molecule has 0 spiro atoms. The topological polar surface area (TPSA) is 100 Å². The number of carbonyl (C=O) groups is 1. The van der Waals surface area contributed by atoms with Crippen molar-refractivity contribution >= 4 is 27.8 Å². The van der Waals surface area contributed by atoms with Crippen molar-refractivity contribution in [3.8, 4) is 0 Å². The van der Waals surface area contributed by atoms with Gasteiger partial charge in [0.25, 0.3) is 4.73 Å². The number of hydrogen-bond donors (Lipinski definition) is 0. The van der Waals surface area contributed by atoms with Crippen molar-refractivity contribution < 1.29 is 14.5 Å². The third-order valence-electron chi connectivity index (χ3n) is 2.78. The molecule has 0 saturated heterocycles. The highest BCUT2D eigenvalue weighted by Gasteiger charge is 2.20. The van der Waals surface area contributed by atoms with Gasteiger partial charge in [0.1, 0.15) is 0 Å². The number of methoxy groups -OCH3 is 1. The summed E-state index contributed by atoms with van der Waals surface area (Å²) >= 11 is 3.13. The summed E-state index contributed by atoms with van der Waals surface area (Å²) in [4.78, 5) is 25.1. The largest absolute Gasteiger partial charge is 0.492 e. The number of hydrogen-bond acceptors (Lipinski definition) is 6. The van der Waals surface area contributed by atoms with E-state index in [1.807, 2.05) is 12.1 Å². The Balaban J connectivity index is 2.27. The first kappa shape index (κ1) is 15.1. The van der Waals surface area contributed by atoms with Crippen LogP contribution in [0.5, 0.6) is 0 Å². The van der Waals surface area contributed by atoms with Gasteiger partial charge in [-0.25, -0.2) is 0 Å². The number of carbonyl (C=O) groups excluding carboxylic acids is 1. The lowest BCUT2D eigenvalue weighted by Crippen LogP contribution is -2.10. The highest BCUT2D eigenvalue weighted by Crippen LogP contribution is 2.17. The molecule has 0 aliphatic heterocycles. The molecule has 0 aliphatic carbocycles. The Kier molecular flexibility index (Phi) is 4.63. The molecule has 2 aromatic rings. The quantitative estimate of drug-likeness (QED) is 0.460. The van der Waals surface area contributed by atoms with Gasteiger partial charge in [0.05, 0.1) is 20.1 Å². The van der Waals surface area contributed by atoms with Gasteiger partial charge in [0.15, 0.2) is 0 Å². The maximum absolute atomic E-state index is 11.4. The smallest absolute Gasteiger partial charge is 0.469 e. The minimum absolute atomic E-state index is 0.126. The van der Waals surface area contributed by atoms with E-state index >= 15 is 0 Å². The maximum atomic E-state index is 11.4. The van der Waals surface area contributed by atoms with Crippen LogP contribution in [0.1, 0.15) is 11.1 Å². The van der Waals surface area contributed by atoms with Gasteiger partial charge in [-0.1, -0.05) is 24.3 Å². The van der Waals surface area contributed by atoms with Crippen molar-refractivity contribution in [2.24, 2.45) is 0 Å². The Morgan fingerprint density at radius 2 is 2.10 bits per heavy atom. The molecule has 110 valence electrons. The normalized spacial score (nSPS) is 10.4. The van der Waals surface area contributed by atoms with Crippen LogP contribution in [0.15, 0.2) is 29.0 Å². The van der Waals surface area contributed by atoms with Gasteiger partial charge in [0.2, 0.25) is 0 Å². The average Bonchev–Trinajstić information content (AvgIpc) is 2.82. The van der Waals surface area contributed by atoms with E-state index in [0.717, 1.165) is 11.1 Å². The van der Waals surface area contributed by atoms with E-state index < -0.39 is 10.9 Å². The second-order valence-electron chi connectivity index (χ2n) is 4.12. The van der Waals surface area contributed by atoms with Crippen molar-refractivity contribution in [1.29, 1.82) is 0 Å². The minimum Gasteiger partial charge on any atom is -0.469 e. The molecule has 9 heteroatoms. The molecular weight excluding hydrogens is 344 g/mol.